The summed E-state index contributed by atoms with van der Waals surface area (Å²) in [5.74, 6) is 0. The Kier molecular flexibility index (Phi) is 5.33. The van der Waals surface area contributed by atoms with E-state index in [-0.39, 0.29) is 6.03 Å². The van der Waals surface area contributed by atoms with Crippen LogP contribution in [0.5, 0.6) is 0 Å². The van der Waals surface area contributed by atoms with Crippen molar-refractivity contribution in [2.24, 2.45) is 0 Å². The molecule has 1 aliphatic heterocycles. The lowest BCUT2D eigenvalue weighted by Gasteiger charge is -2.33. The first-order chi connectivity index (χ1) is 11.7. The van der Waals surface area contributed by atoms with Gasteiger partial charge >= 0.3 is 6.03 Å². The van der Waals surface area contributed by atoms with Gasteiger partial charge in [-0.05, 0) is 49.2 Å². The average Bonchev–Trinajstić information content (AvgIpc) is 2.63. The molecule has 2 aromatic carbocycles. The normalized spacial score (nSPS) is 17.4. The highest BCUT2D eigenvalue weighted by atomic mass is 16.5. The van der Waals surface area contributed by atoms with E-state index in [0.717, 1.165) is 43.0 Å². The van der Waals surface area contributed by atoms with Crippen molar-refractivity contribution < 1.29 is 9.53 Å². The van der Waals surface area contributed by atoms with Crippen LogP contribution in [-0.2, 0) is 4.74 Å². The number of rotatable bonds is 4. The maximum absolute atomic E-state index is 12.0. The van der Waals surface area contributed by atoms with Crippen LogP contribution < -0.4 is 15.5 Å². The van der Waals surface area contributed by atoms with Gasteiger partial charge in [-0.1, -0.05) is 18.2 Å². The van der Waals surface area contributed by atoms with Crippen LogP contribution in [0.3, 0.4) is 0 Å². The fourth-order valence-corrected chi connectivity index (χ4v) is 2.94. The highest BCUT2D eigenvalue weighted by molar-refractivity contribution is 5.99. The number of para-hydroxylation sites is 1. The Balaban J connectivity index is 1.57. The second-order valence-corrected chi connectivity index (χ2v) is 5.94. The van der Waals surface area contributed by atoms with E-state index in [1.165, 1.54) is 0 Å². The zero-order chi connectivity index (χ0) is 16.8. The van der Waals surface area contributed by atoms with Gasteiger partial charge in [-0.2, -0.15) is 0 Å². The molecule has 2 amide bonds. The summed E-state index contributed by atoms with van der Waals surface area (Å²) >= 11 is 0. The van der Waals surface area contributed by atoms with E-state index in [4.69, 9.17) is 4.74 Å². The van der Waals surface area contributed by atoms with Crippen molar-refractivity contribution in [2.45, 2.75) is 18.9 Å². The van der Waals surface area contributed by atoms with Crippen LogP contribution in [0, 0.1) is 0 Å². The lowest BCUT2D eigenvalue weighted by Crippen LogP contribution is -2.39. The molecule has 126 valence electrons. The number of anilines is 3. The van der Waals surface area contributed by atoms with E-state index < -0.39 is 0 Å². The molecule has 0 spiro atoms. The van der Waals surface area contributed by atoms with Gasteiger partial charge in [-0.25, -0.2) is 4.79 Å². The summed E-state index contributed by atoms with van der Waals surface area (Å²) in [6.45, 7) is 1.96. The number of amides is 2. The molecule has 1 aliphatic rings. The fraction of sp³-hybridized carbons (Fsp3) is 0.316. The molecule has 1 fully saturated rings. The molecule has 1 heterocycles. The lowest BCUT2D eigenvalue weighted by molar-refractivity contribution is 0.0893. The lowest BCUT2D eigenvalue weighted by atomic mass is 10.1. The van der Waals surface area contributed by atoms with Gasteiger partial charge in [0, 0.05) is 37.3 Å². The van der Waals surface area contributed by atoms with Gasteiger partial charge in [0.2, 0.25) is 0 Å². The minimum Gasteiger partial charge on any atom is -0.380 e. The van der Waals surface area contributed by atoms with Crippen LogP contribution in [0.4, 0.5) is 21.9 Å². The van der Waals surface area contributed by atoms with Crippen molar-refractivity contribution in [3.63, 3.8) is 0 Å². The smallest absolute Gasteiger partial charge is 0.323 e. The molecule has 5 nitrogen and oxygen atoms in total. The van der Waals surface area contributed by atoms with Crippen molar-refractivity contribution in [3.05, 3.63) is 54.6 Å². The van der Waals surface area contributed by atoms with Gasteiger partial charge in [0.25, 0.3) is 0 Å². The molecule has 0 aliphatic carbocycles. The van der Waals surface area contributed by atoms with Crippen LogP contribution in [-0.4, -0.2) is 32.3 Å². The van der Waals surface area contributed by atoms with E-state index in [9.17, 15) is 4.79 Å². The number of urea groups is 1. The molecule has 3 rings (SSSR count). The summed E-state index contributed by atoms with van der Waals surface area (Å²) in [4.78, 5) is 14.3. The highest BCUT2D eigenvalue weighted by Crippen LogP contribution is 2.23. The Hall–Kier alpha value is -2.53. The van der Waals surface area contributed by atoms with Crippen molar-refractivity contribution >= 4 is 23.1 Å². The van der Waals surface area contributed by atoms with E-state index in [1.807, 2.05) is 54.6 Å². The Morgan fingerprint density at radius 2 is 1.71 bits per heavy atom. The summed E-state index contributed by atoms with van der Waals surface area (Å²) in [7, 11) is 1.77. The minimum atomic E-state index is -0.244. The highest BCUT2D eigenvalue weighted by Gasteiger charge is 2.19. The number of benzene rings is 2. The quantitative estimate of drug-likeness (QED) is 0.895. The van der Waals surface area contributed by atoms with Crippen LogP contribution >= 0.6 is 0 Å². The van der Waals surface area contributed by atoms with Gasteiger partial charge in [0.05, 0.1) is 6.10 Å². The molecule has 1 saturated heterocycles. The standard InChI is InChI=1S/C19H23N3O2/c1-24-18-8-5-13-22(14-18)17-11-9-16(10-12-17)21-19(23)20-15-6-3-2-4-7-15/h2-4,6-7,9-12,18H,5,8,13-14H2,1H3,(H2,20,21,23). The molecular formula is C19H23N3O2. The molecule has 2 N–H and O–H groups in total. The van der Waals surface area contributed by atoms with Gasteiger partial charge in [0.1, 0.15) is 0 Å². The number of hydrogen-bond donors (Lipinski definition) is 2. The molecule has 0 saturated carbocycles. The first-order valence-electron chi connectivity index (χ1n) is 8.25. The molecule has 1 atom stereocenters. The van der Waals surface area contributed by atoms with Crippen molar-refractivity contribution in [1.82, 2.24) is 0 Å². The summed E-state index contributed by atoms with van der Waals surface area (Å²) < 4.78 is 5.47. The number of methoxy groups -OCH3 is 1. The Labute approximate surface area is 142 Å². The molecule has 24 heavy (non-hydrogen) atoms. The van der Waals surface area contributed by atoms with Crippen molar-refractivity contribution in [3.8, 4) is 0 Å². The maximum Gasteiger partial charge on any atom is 0.323 e. The molecule has 1 unspecified atom stereocenters. The summed E-state index contributed by atoms with van der Waals surface area (Å²) in [5.41, 5.74) is 2.70. The first-order valence-corrected chi connectivity index (χ1v) is 8.25. The van der Waals surface area contributed by atoms with E-state index in [0.29, 0.717) is 6.10 Å². The van der Waals surface area contributed by atoms with Gasteiger partial charge < -0.3 is 20.3 Å². The van der Waals surface area contributed by atoms with E-state index in [2.05, 4.69) is 15.5 Å². The number of ether oxygens (including phenoxy) is 1. The third-order valence-electron chi connectivity index (χ3n) is 4.23. The number of hydrogen-bond acceptors (Lipinski definition) is 3. The van der Waals surface area contributed by atoms with Crippen LogP contribution in [0.2, 0.25) is 0 Å². The molecule has 0 bridgehead atoms. The largest absolute Gasteiger partial charge is 0.380 e. The molecule has 0 aromatic heterocycles. The number of nitrogens with zero attached hydrogens (tertiary/aromatic N) is 1. The van der Waals surface area contributed by atoms with Crippen molar-refractivity contribution in [1.29, 1.82) is 0 Å². The predicted octanol–water partition coefficient (Wildman–Crippen LogP) is 3.95. The Morgan fingerprint density at radius 1 is 1.04 bits per heavy atom. The monoisotopic (exact) mass is 325 g/mol. The van der Waals surface area contributed by atoms with E-state index in [1.54, 1.807) is 7.11 Å². The van der Waals surface area contributed by atoms with Crippen molar-refractivity contribution in [2.75, 3.05) is 35.7 Å². The summed E-state index contributed by atoms with van der Waals surface area (Å²) in [6, 6.07) is 17.1. The number of carbonyl (C=O) groups excluding carboxylic acids is 1. The van der Waals surface area contributed by atoms with Gasteiger partial charge in [-0.3, -0.25) is 0 Å². The Bertz CT molecular complexity index is 658. The van der Waals surface area contributed by atoms with E-state index >= 15 is 0 Å². The SMILES string of the molecule is COC1CCCN(c2ccc(NC(=O)Nc3ccccc3)cc2)C1. The zero-order valence-corrected chi connectivity index (χ0v) is 13.9. The first kappa shape index (κ1) is 16.3. The van der Waals surface area contributed by atoms with Crippen LogP contribution in [0.1, 0.15) is 12.8 Å². The predicted molar refractivity (Wildman–Crippen MR) is 97.8 cm³/mol. The molecular weight excluding hydrogens is 302 g/mol. The topological polar surface area (TPSA) is 53.6 Å². The Morgan fingerprint density at radius 3 is 2.38 bits per heavy atom. The maximum atomic E-state index is 12.0. The summed E-state index contributed by atoms with van der Waals surface area (Å²) in [5, 5.41) is 5.65. The second-order valence-electron chi connectivity index (χ2n) is 5.94. The minimum absolute atomic E-state index is 0.244. The number of carbonyl (C=O) groups is 1. The number of piperidine rings is 1. The van der Waals surface area contributed by atoms with Gasteiger partial charge in [-0.15, -0.1) is 0 Å². The number of nitrogens with one attached hydrogen (secondary N) is 2. The van der Waals surface area contributed by atoms with Gasteiger partial charge in [0.15, 0.2) is 0 Å². The third kappa shape index (κ3) is 4.26. The molecule has 0 radical (unpaired) electrons. The van der Waals surface area contributed by atoms with Crippen LogP contribution in [0.25, 0.3) is 0 Å². The zero-order valence-electron chi connectivity index (χ0n) is 13.9. The van der Waals surface area contributed by atoms with Crippen LogP contribution in [0.15, 0.2) is 54.6 Å². The summed E-state index contributed by atoms with van der Waals surface area (Å²) in [6.07, 6.45) is 2.55. The average molecular weight is 325 g/mol. The third-order valence-corrected chi connectivity index (χ3v) is 4.23. The molecule has 5 heteroatoms. The fourth-order valence-electron chi connectivity index (χ4n) is 2.94. The molecule has 2 aromatic rings. The second kappa shape index (κ2) is 7.84.